The molecular weight excluding hydrogens is 346 g/mol. The predicted molar refractivity (Wildman–Crippen MR) is 103 cm³/mol. The molecule has 5 nitrogen and oxygen atoms in total. The molecule has 0 radical (unpaired) electrons. The van der Waals surface area contributed by atoms with Gasteiger partial charge in [0.15, 0.2) is 5.16 Å². The summed E-state index contributed by atoms with van der Waals surface area (Å²) in [6.07, 6.45) is 0. The van der Waals surface area contributed by atoms with Gasteiger partial charge in [0, 0.05) is 11.1 Å². The van der Waals surface area contributed by atoms with Crippen LogP contribution in [0.1, 0.15) is 23.0 Å². The molecule has 1 N–H and O–H groups in total. The van der Waals surface area contributed by atoms with Crippen molar-refractivity contribution in [3.8, 4) is 0 Å². The molecule has 2 heterocycles. The average Bonchev–Trinajstić information content (AvgIpc) is 3.08. The fourth-order valence-electron chi connectivity index (χ4n) is 2.73. The summed E-state index contributed by atoms with van der Waals surface area (Å²) in [5.74, 6) is 0.397. The van der Waals surface area contributed by atoms with Crippen molar-refractivity contribution in [2.45, 2.75) is 17.8 Å². The average molecular weight is 363 g/mol. The summed E-state index contributed by atoms with van der Waals surface area (Å²) in [4.78, 5) is 24.3. The summed E-state index contributed by atoms with van der Waals surface area (Å²) in [6, 6.07) is 17.5. The lowest BCUT2D eigenvalue weighted by atomic mass is 10.2. The van der Waals surface area contributed by atoms with Crippen LogP contribution in [0.15, 0.2) is 59.8 Å². The number of pyridine rings is 1. The molecule has 0 fully saturated rings. The molecule has 0 bridgehead atoms. The molecule has 2 aromatic heterocycles. The minimum atomic E-state index is -0.321. The van der Waals surface area contributed by atoms with E-state index in [-0.39, 0.29) is 5.97 Å². The van der Waals surface area contributed by atoms with Gasteiger partial charge >= 0.3 is 5.97 Å². The molecule has 4 aromatic rings. The molecule has 0 aliphatic carbocycles. The summed E-state index contributed by atoms with van der Waals surface area (Å²) < 4.78 is 5.04. The Labute approximate surface area is 154 Å². The van der Waals surface area contributed by atoms with Gasteiger partial charge in [-0.15, -0.1) is 0 Å². The van der Waals surface area contributed by atoms with Crippen LogP contribution in [0.25, 0.3) is 21.9 Å². The fourth-order valence-corrected chi connectivity index (χ4v) is 3.52. The molecule has 0 spiro atoms. The highest BCUT2D eigenvalue weighted by molar-refractivity contribution is 7.98. The van der Waals surface area contributed by atoms with Gasteiger partial charge in [0.2, 0.25) is 0 Å². The Morgan fingerprint density at radius 2 is 1.96 bits per heavy atom. The lowest BCUT2D eigenvalue weighted by Crippen LogP contribution is -2.04. The summed E-state index contributed by atoms with van der Waals surface area (Å²) in [5.41, 5.74) is 4.17. The van der Waals surface area contributed by atoms with Crippen molar-refractivity contribution < 1.29 is 9.53 Å². The smallest absolute Gasteiger partial charge is 0.338 e. The Balaban J connectivity index is 1.52. The molecule has 4 rings (SSSR count). The van der Waals surface area contributed by atoms with Crippen molar-refractivity contribution in [2.75, 3.05) is 6.61 Å². The predicted octanol–water partition coefficient (Wildman–Crippen LogP) is 4.58. The van der Waals surface area contributed by atoms with Crippen LogP contribution >= 0.6 is 11.8 Å². The molecular formula is C20H17N3O2S. The third kappa shape index (κ3) is 3.41. The topological polar surface area (TPSA) is 67.9 Å². The Morgan fingerprint density at radius 1 is 1.08 bits per heavy atom. The summed E-state index contributed by atoms with van der Waals surface area (Å²) in [7, 11) is 0. The number of carbonyl (C=O) groups is 1. The highest BCUT2D eigenvalue weighted by Gasteiger charge is 2.10. The lowest BCUT2D eigenvalue weighted by Gasteiger charge is -2.01. The minimum Gasteiger partial charge on any atom is -0.462 e. The largest absolute Gasteiger partial charge is 0.462 e. The highest BCUT2D eigenvalue weighted by atomic mass is 32.2. The number of H-pyrrole nitrogens is 1. The number of ether oxygens (including phenoxy) is 1. The van der Waals surface area contributed by atoms with Crippen LogP contribution in [-0.4, -0.2) is 27.5 Å². The number of benzene rings is 2. The number of aromatic amines is 1. The van der Waals surface area contributed by atoms with Gasteiger partial charge in [0.05, 0.1) is 34.4 Å². The summed E-state index contributed by atoms with van der Waals surface area (Å²) >= 11 is 1.59. The number of thioether (sulfide) groups is 1. The first-order valence-corrected chi connectivity index (χ1v) is 9.36. The number of carbonyl (C=O) groups excluding carboxylic acids is 1. The van der Waals surface area contributed by atoms with Crippen molar-refractivity contribution in [1.29, 1.82) is 0 Å². The Hall–Kier alpha value is -2.86. The number of hydrogen-bond acceptors (Lipinski definition) is 5. The van der Waals surface area contributed by atoms with Crippen molar-refractivity contribution in [1.82, 2.24) is 15.0 Å². The molecule has 2 aromatic carbocycles. The molecule has 130 valence electrons. The van der Waals surface area contributed by atoms with E-state index in [4.69, 9.17) is 4.74 Å². The van der Waals surface area contributed by atoms with Gasteiger partial charge in [0.25, 0.3) is 0 Å². The molecule has 0 aliphatic rings. The monoisotopic (exact) mass is 363 g/mol. The van der Waals surface area contributed by atoms with E-state index in [0.29, 0.717) is 12.2 Å². The zero-order valence-corrected chi connectivity index (χ0v) is 15.0. The number of aromatic nitrogens is 3. The Bertz CT molecular complexity index is 1090. The van der Waals surface area contributed by atoms with E-state index in [1.807, 2.05) is 30.3 Å². The second-order valence-corrected chi connectivity index (χ2v) is 6.74. The molecule has 0 aliphatic heterocycles. The van der Waals surface area contributed by atoms with Crippen LogP contribution in [0.5, 0.6) is 0 Å². The molecule has 0 saturated heterocycles. The van der Waals surface area contributed by atoms with Gasteiger partial charge in [-0.1, -0.05) is 36.0 Å². The maximum absolute atomic E-state index is 11.8. The van der Waals surface area contributed by atoms with Crippen molar-refractivity contribution in [3.05, 3.63) is 65.9 Å². The molecule has 0 saturated carbocycles. The molecule has 26 heavy (non-hydrogen) atoms. The van der Waals surface area contributed by atoms with Crippen LogP contribution in [0, 0.1) is 0 Å². The standard InChI is InChI=1S/C20H17N3O2S/c1-2-25-19(24)14-8-10-17-18(11-14)23-20(22-17)26-12-15-9-7-13-5-3-4-6-16(13)21-15/h3-11H,2,12H2,1H3,(H,22,23). The Kier molecular flexibility index (Phi) is 4.58. The van der Waals surface area contributed by atoms with Crippen LogP contribution in [-0.2, 0) is 10.5 Å². The first-order chi connectivity index (χ1) is 12.7. The lowest BCUT2D eigenvalue weighted by molar-refractivity contribution is 0.0526. The normalized spacial score (nSPS) is 11.1. The number of nitrogens with zero attached hydrogens (tertiary/aromatic N) is 2. The van der Waals surface area contributed by atoms with E-state index < -0.39 is 0 Å². The van der Waals surface area contributed by atoms with E-state index in [0.717, 1.165) is 38.5 Å². The van der Waals surface area contributed by atoms with Crippen molar-refractivity contribution in [2.24, 2.45) is 0 Å². The maximum atomic E-state index is 11.8. The van der Waals surface area contributed by atoms with E-state index >= 15 is 0 Å². The van der Waals surface area contributed by atoms with Crippen LogP contribution in [0.2, 0.25) is 0 Å². The molecule has 6 heteroatoms. The number of imidazole rings is 1. The van der Waals surface area contributed by atoms with Crippen LogP contribution < -0.4 is 0 Å². The van der Waals surface area contributed by atoms with Crippen LogP contribution in [0.3, 0.4) is 0 Å². The second-order valence-electron chi connectivity index (χ2n) is 5.78. The minimum absolute atomic E-state index is 0.321. The van der Waals surface area contributed by atoms with Gasteiger partial charge in [-0.2, -0.15) is 0 Å². The quantitative estimate of drug-likeness (QED) is 0.415. The zero-order valence-electron chi connectivity index (χ0n) is 14.2. The SMILES string of the molecule is CCOC(=O)c1ccc2nc(SCc3ccc4ccccc4n3)[nH]c2c1. The second kappa shape index (κ2) is 7.17. The number of rotatable bonds is 5. The van der Waals surface area contributed by atoms with E-state index in [2.05, 4.69) is 27.1 Å². The first-order valence-electron chi connectivity index (χ1n) is 8.37. The van der Waals surface area contributed by atoms with Gasteiger partial charge in [-0.3, -0.25) is 4.98 Å². The zero-order chi connectivity index (χ0) is 17.9. The van der Waals surface area contributed by atoms with Crippen molar-refractivity contribution in [3.63, 3.8) is 0 Å². The number of hydrogen-bond donors (Lipinski definition) is 1. The van der Waals surface area contributed by atoms with Gasteiger partial charge < -0.3 is 9.72 Å². The number of nitrogens with one attached hydrogen (secondary N) is 1. The number of fused-ring (bicyclic) bond motifs is 2. The molecule has 0 amide bonds. The summed E-state index contributed by atoms with van der Waals surface area (Å²) in [5, 5.41) is 1.94. The first kappa shape index (κ1) is 16.6. The maximum Gasteiger partial charge on any atom is 0.338 e. The van der Waals surface area contributed by atoms with Crippen molar-refractivity contribution >= 4 is 39.7 Å². The molecule has 0 atom stereocenters. The van der Waals surface area contributed by atoms with Crippen LogP contribution in [0.4, 0.5) is 0 Å². The van der Waals surface area contributed by atoms with Gasteiger partial charge in [0.1, 0.15) is 0 Å². The highest BCUT2D eigenvalue weighted by Crippen LogP contribution is 2.24. The summed E-state index contributed by atoms with van der Waals surface area (Å²) in [6.45, 7) is 2.15. The van der Waals surface area contributed by atoms with E-state index in [1.54, 1.807) is 30.8 Å². The number of para-hydroxylation sites is 1. The van der Waals surface area contributed by atoms with Gasteiger partial charge in [-0.05, 0) is 37.3 Å². The fraction of sp³-hybridized carbons (Fsp3) is 0.150. The van der Waals surface area contributed by atoms with E-state index in [1.165, 1.54) is 0 Å². The van der Waals surface area contributed by atoms with Gasteiger partial charge in [-0.25, -0.2) is 9.78 Å². The third-order valence-corrected chi connectivity index (χ3v) is 4.89. The van der Waals surface area contributed by atoms with E-state index in [9.17, 15) is 4.79 Å². The third-order valence-electron chi connectivity index (χ3n) is 3.98. The molecule has 0 unspecified atom stereocenters. The Morgan fingerprint density at radius 3 is 2.85 bits per heavy atom. The number of esters is 1.